The number of carbonyl (C=O) groups excluding carboxylic acids is 1. The fourth-order valence-electron chi connectivity index (χ4n) is 1.95. The summed E-state index contributed by atoms with van der Waals surface area (Å²) >= 11 is 0. The topological polar surface area (TPSA) is 50.8 Å². The summed E-state index contributed by atoms with van der Waals surface area (Å²) in [7, 11) is 0. The smallest absolute Gasteiger partial charge is 0.253 e. The first-order valence-electron chi connectivity index (χ1n) is 5.50. The molecule has 86 valence electrons. The summed E-state index contributed by atoms with van der Waals surface area (Å²) in [6, 6.07) is 0. The van der Waals surface area contributed by atoms with Crippen LogP contribution in [0.3, 0.4) is 0 Å². The van der Waals surface area contributed by atoms with Crippen LogP contribution in [0.5, 0.6) is 0 Å². The summed E-state index contributed by atoms with van der Waals surface area (Å²) < 4.78 is 10.8. The van der Waals surface area contributed by atoms with Gasteiger partial charge in [0.2, 0.25) is 0 Å². The van der Waals surface area contributed by atoms with Gasteiger partial charge in [-0.1, -0.05) is 0 Å². The van der Waals surface area contributed by atoms with E-state index < -0.39 is 0 Å². The Kier molecular flexibility index (Phi) is 3.56. The monoisotopic (exact) mass is 214 g/mol. The van der Waals surface area contributed by atoms with E-state index in [-0.39, 0.29) is 18.1 Å². The minimum Gasteiger partial charge on any atom is -0.375 e. The maximum absolute atomic E-state index is 12.0. The molecule has 2 atom stereocenters. The largest absolute Gasteiger partial charge is 0.375 e. The van der Waals surface area contributed by atoms with Crippen molar-refractivity contribution >= 4 is 5.91 Å². The lowest BCUT2D eigenvalue weighted by atomic mass is 10.2. The Morgan fingerprint density at radius 2 is 2.27 bits per heavy atom. The van der Waals surface area contributed by atoms with Gasteiger partial charge in [0.05, 0.1) is 19.3 Å². The highest BCUT2D eigenvalue weighted by Crippen LogP contribution is 2.08. The summed E-state index contributed by atoms with van der Waals surface area (Å²) in [6.07, 6.45) is -0.164. The molecule has 1 unspecified atom stereocenters. The minimum absolute atomic E-state index is 0.0948. The molecule has 0 aliphatic carbocycles. The average molecular weight is 214 g/mol. The van der Waals surface area contributed by atoms with Crippen molar-refractivity contribution in [3.05, 3.63) is 0 Å². The first-order chi connectivity index (χ1) is 7.27. The second-order valence-electron chi connectivity index (χ2n) is 4.03. The van der Waals surface area contributed by atoms with Gasteiger partial charge in [-0.15, -0.1) is 0 Å². The third kappa shape index (κ3) is 2.68. The lowest BCUT2D eigenvalue weighted by molar-refractivity contribution is -0.151. The van der Waals surface area contributed by atoms with Crippen LogP contribution in [-0.2, 0) is 14.3 Å². The molecule has 2 saturated heterocycles. The molecule has 15 heavy (non-hydrogen) atoms. The van der Waals surface area contributed by atoms with Crippen LogP contribution in [-0.4, -0.2) is 62.4 Å². The van der Waals surface area contributed by atoms with Crippen LogP contribution in [0.15, 0.2) is 0 Å². The Morgan fingerprint density at radius 1 is 1.40 bits per heavy atom. The van der Waals surface area contributed by atoms with Crippen molar-refractivity contribution in [3.8, 4) is 0 Å². The molecule has 0 saturated carbocycles. The van der Waals surface area contributed by atoms with Crippen LogP contribution in [0.2, 0.25) is 0 Å². The van der Waals surface area contributed by atoms with E-state index in [4.69, 9.17) is 9.47 Å². The van der Waals surface area contributed by atoms with Crippen molar-refractivity contribution in [1.29, 1.82) is 0 Å². The number of ether oxygens (including phenoxy) is 2. The van der Waals surface area contributed by atoms with E-state index in [1.807, 2.05) is 11.8 Å². The van der Waals surface area contributed by atoms with E-state index in [1.54, 1.807) is 0 Å². The van der Waals surface area contributed by atoms with Crippen LogP contribution >= 0.6 is 0 Å². The fourth-order valence-corrected chi connectivity index (χ4v) is 1.95. The molecule has 0 radical (unpaired) electrons. The van der Waals surface area contributed by atoms with Crippen molar-refractivity contribution in [3.63, 3.8) is 0 Å². The standard InChI is InChI=1S/C10H18N2O3/c1-8-7-12(3-5-14-8)10(13)9-6-11-2-4-15-9/h8-9,11H,2-7H2,1H3/t8?,9-/m0/s1. The third-order valence-electron chi connectivity index (χ3n) is 2.76. The first-order valence-corrected chi connectivity index (χ1v) is 5.50. The quantitative estimate of drug-likeness (QED) is 0.622. The molecule has 0 aromatic carbocycles. The summed E-state index contributed by atoms with van der Waals surface area (Å²) in [4.78, 5) is 13.8. The van der Waals surface area contributed by atoms with Gasteiger partial charge in [-0.05, 0) is 6.92 Å². The van der Waals surface area contributed by atoms with E-state index in [1.165, 1.54) is 0 Å². The number of nitrogens with zero attached hydrogens (tertiary/aromatic N) is 1. The zero-order valence-corrected chi connectivity index (χ0v) is 9.07. The summed E-state index contributed by atoms with van der Waals surface area (Å²) in [5.41, 5.74) is 0. The van der Waals surface area contributed by atoms with E-state index in [2.05, 4.69) is 5.32 Å². The molecule has 1 N–H and O–H groups in total. The maximum atomic E-state index is 12.0. The van der Waals surface area contributed by atoms with Crippen LogP contribution < -0.4 is 5.32 Å². The van der Waals surface area contributed by atoms with Gasteiger partial charge in [-0.25, -0.2) is 0 Å². The molecule has 2 aliphatic heterocycles. The zero-order chi connectivity index (χ0) is 10.7. The van der Waals surface area contributed by atoms with Crippen molar-refractivity contribution in [2.24, 2.45) is 0 Å². The highest BCUT2D eigenvalue weighted by molar-refractivity contribution is 5.81. The molecule has 0 aromatic rings. The van der Waals surface area contributed by atoms with Gasteiger partial charge < -0.3 is 19.7 Å². The number of hydrogen-bond acceptors (Lipinski definition) is 4. The predicted molar refractivity (Wildman–Crippen MR) is 54.6 cm³/mol. The molecule has 0 bridgehead atoms. The van der Waals surface area contributed by atoms with E-state index in [0.717, 1.165) is 6.54 Å². The van der Waals surface area contributed by atoms with Gasteiger partial charge in [0.15, 0.2) is 0 Å². The molecule has 0 aromatic heterocycles. The van der Waals surface area contributed by atoms with Gasteiger partial charge in [0, 0.05) is 26.2 Å². The number of carbonyl (C=O) groups is 1. The Balaban J connectivity index is 1.88. The van der Waals surface area contributed by atoms with E-state index in [9.17, 15) is 4.79 Å². The number of morpholine rings is 2. The van der Waals surface area contributed by atoms with Crippen molar-refractivity contribution in [2.75, 3.05) is 39.4 Å². The maximum Gasteiger partial charge on any atom is 0.253 e. The Hall–Kier alpha value is -0.650. The Morgan fingerprint density at radius 3 is 2.93 bits per heavy atom. The van der Waals surface area contributed by atoms with Crippen LogP contribution in [0.4, 0.5) is 0 Å². The van der Waals surface area contributed by atoms with E-state index >= 15 is 0 Å². The summed E-state index contributed by atoms with van der Waals surface area (Å²) in [6.45, 7) is 6.07. The number of nitrogens with one attached hydrogen (secondary N) is 1. The first kappa shape index (κ1) is 10.9. The molecular formula is C10H18N2O3. The minimum atomic E-state index is -0.302. The Bertz CT molecular complexity index is 229. The summed E-state index contributed by atoms with van der Waals surface area (Å²) in [5, 5.41) is 3.16. The molecule has 2 aliphatic rings. The zero-order valence-electron chi connectivity index (χ0n) is 9.07. The highest BCUT2D eigenvalue weighted by Gasteiger charge is 2.29. The lowest BCUT2D eigenvalue weighted by Crippen LogP contribution is -2.53. The third-order valence-corrected chi connectivity index (χ3v) is 2.76. The number of amides is 1. The number of hydrogen-bond donors (Lipinski definition) is 1. The number of rotatable bonds is 1. The molecular weight excluding hydrogens is 196 g/mol. The lowest BCUT2D eigenvalue weighted by Gasteiger charge is -2.34. The second-order valence-corrected chi connectivity index (χ2v) is 4.03. The molecule has 5 heteroatoms. The van der Waals surface area contributed by atoms with Crippen molar-refractivity contribution in [1.82, 2.24) is 10.2 Å². The molecule has 0 spiro atoms. The molecule has 1 amide bonds. The molecule has 2 fully saturated rings. The normalized spacial score (nSPS) is 32.7. The SMILES string of the molecule is CC1CN(C(=O)[C@@H]2CNCCO2)CCO1. The van der Waals surface area contributed by atoms with Gasteiger partial charge in [0.1, 0.15) is 6.10 Å². The molecule has 2 rings (SSSR count). The highest BCUT2D eigenvalue weighted by atomic mass is 16.5. The van der Waals surface area contributed by atoms with Crippen molar-refractivity contribution < 1.29 is 14.3 Å². The van der Waals surface area contributed by atoms with Crippen LogP contribution in [0.25, 0.3) is 0 Å². The van der Waals surface area contributed by atoms with Gasteiger partial charge in [0.25, 0.3) is 5.91 Å². The average Bonchev–Trinajstić information content (AvgIpc) is 2.29. The summed E-state index contributed by atoms with van der Waals surface area (Å²) in [5.74, 6) is 0.0948. The van der Waals surface area contributed by atoms with E-state index in [0.29, 0.717) is 32.8 Å². The van der Waals surface area contributed by atoms with Gasteiger partial charge in [-0.3, -0.25) is 4.79 Å². The predicted octanol–water partition coefficient (Wildman–Crippen LogP) is -0.778. The molecule has 2 heterocycles. The van der Waals surface area contributed by atoms with Gasteiger partial charge in [-0.2, -0.15) is 0 Å². The van der Waals surface area contributed by atoms with Gasteiger partial charge >= 0.3 is 0 Å². The van der Waals surface area contributed by atoms with Crippen molar-refractivity contribution in [2.45, 2.75) is 19.1 Å². The fraction of sp³-hybridized carbons (Fsp3) is 0.900. The second kappa shape index (κ2) is 4.92. The Labute approximate surface area is 89.7 Å². The van der Waals surface area contributed by atoms with Crippen LogP contribution in [0, 0.1) is 0 Å². The molecule has 5 nitrogen and oxygen atoms in total. The van der Waals surface area contributed by atoms with Crippen LogP contribution in [0.1, 0.15) is 6.92 Å².